The number of amides is 2. The summed E-state index contributed by atoms with van der Waals surface area (Å²) < 4.78 is 5.47. The molecule has 0 aromatic rings. The van der Waals surface area contributed by atoms with Crippen molar-refractivity contribution >= 4 is 11.8 Å². The van der Waals surface area contributed by atoms with Gasteiger partial charge in [0.25, 0.3) is 0 Å². The molecular weight excluding hydrogens is 280 g/mol. The van der Waals surface area contributed by atoms with Gasteiger partial charge in [-0.25, -0.2) is 0 Å². The molecule has 0 unspecified atom stereocenters. The lowest BCUT2D eigenvalue weighted by Crippen LogP contribution is -2.42. The van der Waals surface area contributed by atoms with Gasteiger partial charge in [0.15, 0.2) is 0 Å². The second-order valence-electron chi connectivity index (χ2n) is 6.97. The van der Waals surface area contributed by atoms with Gasteiger partial charge in [-0.3, -0.25) is 9.59 Å². The third-order valence-corrected chi connectivity index (χ3v) is 5.33. The predicted octanol–water partition coefficient (Wildman–Crippen LogP) is 1.66. The number of carbonyl (C=O) groups is 2. The molecule has 124 valence electrons. The van der Waals surface area contributed by atoms with Crippen molar-refractivity contribution in [3.05, 3.63) is 0 Å². The molecule has 0 radical (unpaired) electrons. The number of hydrogen-bond donors (Lipinski definition) is 0. The van der Waals surface area contributed by atoms with Crippen LogP contribution in [0.5, 0.6) is 0 Å². The number of hydrogen-bond acceptors (Lipinski definition) is 3. The molecule has 22 heavy (non-hydrogen) atoms. The maximum atomic E-state index is 12.5. The molecule has 2 aliphatic heterocycles. The molecule has 0 aromatic carbocycles. The zero-order valence-electron chi connectivity index (χ0n) is 13.5. The van der Waals surface area contributed by atoms with Crippen LogP contribution in [0.4, 0.5) is 0 Å². The Balaban J connectivity index is 1.46. The zero-order valence-corrected chi connectivity index (χ0v) is 13.5. The van der Waals surface area contributed by atoms with Gasteiger partial charge in [0.05, 0.1) is 0 Å². The van der Waals surface area contributed by atoms with Crippen LogP contribution in [0.2, 0.25) is 0 Å². The minimum absolute atomic E-state index is 0.244. The van der Waals surface area contributed by atoms with E-state index in [9.17, 15) is 9.59 Å². The van der Waals surface area contributed by atoms with Crippen molar-refractivity contribution in [2.24, 2.45) is 11.8 Å². The Kier molecular flexibility index (Phi) is 5.34. The minimum Gasteiger partial charge on any atom is -0.381 e. The number of ether oxygens (including phenoxy) is 1. The van der Waals surface area contributed by atoms with Gasteiger partial charge in [-0.2, -0.15) is 0 Å². The highest BCUT2D eigenvalue weighted by atomic mass is 16.5. The molecule has 3 aliphatic rings. The summed E-state index contributed by atoms with van der Waals surface area (Å²) in [7, 11) is 0. The molecule has 2 heterocycles. The number of carbonyl (C=O) groups excluding carboxylic acids is 2. The van der Waals surface area contributed by atoms with E-state index >= 15 is 0 Å². The van der Waals surface area contributed by atoms with Gasteiger partial charge >= 0.3 is 0 Å². The Morgan fingerprint density at radius 3 is 2.36 bits per heavy atom. The Hall–Kier alpha value is -1.10. The molecule has 1 atom stereocenters. The first-order chi connectivity index (χ1) is 10.7. The summed E-state index contributed by atoms with van der Waals surface area (Å²) in [4.78, 5) is 28.7. The van der Waals surface area contributed by atoms with E-state index in [1.54, 1.807) is 0 Å². The lowest BCUT2D eigenvalue weighted by atomic mass is 9.84. The van der Waals surface area contributed by atoms with Crippen LogP contribution >= 0.6 is 0 Å². The Morgan fingerprint density at radius 1 is 0.909 bits per heavy atom. The van der Waals surface area contributed by atoms with Gasteiger partial charge in [-0.1, -0.05) is 6.42 Å². The van der Waals surface area contributed by atoms with Crippen molar-refractivity contribution in [2.45, 2.75) is 44.9 Å². The van der Waals surface area contributed by atoms with E-state index in [1.807, 2.05) is 9.80 Å². The normalized spacial score (nSPS) is 27.2. The maximum Gasteiger partial charge on any atom is 0.225 e. The molecule has 1 saturated carbocycles. The first-order valence-electron chi connectivity index (χ1n) is 8.88. The highest BCUT2D eigenvalue weighted by molar-refractivity contribution is 5.80. The van der Waals surface area contributed by atoms with Crippen LogP contribution < -0.4 is 0 Å². The lowest BCUT2D eigenvalue weighted by Gasteiger charge is -2.31. The van der Waals surface area contributed by atoms with E-state index in [2.05, 4.69) is 0 Å². The van der Waals surface area contributed by atoms with Crippen molar-refractivity contribution in [1.82, 2.24) is 9.80 Å². The van der Waals surface area contributed by atoms with Gasteiger partial charge in [-0.05, 0) is 38.0 Å². The van der Waals surface area contributed by atoms with E-state index in [1.165, 1.54) is 6.42 Å². The summed E-state index contributed by atoms with van der Waals surface area (Å²) >= 11 is 0. The smallest absolute Gasteiger partial charge is 0.225 e. The second-order valence-corrected chi connectivity index (χ2v) is 6.97. The molecule has 3 rings (SSSR count). The largest absolute Gasteiger partial charge is 0.381 e. The lowest BCUT2D eigenvalue weighted by molar-refractivity contribution is -0.139. The number of rotatable bonds is 3. The molecule has 5 heteroatoms. The quantitative estimate of drug-likeness (QED) is 0.797. The SMILES string of the molecule is O=C(C[C@H]1CCCOC1)N1CCCN(C(=O)C2CCC2)CC1. The third-order valence-electron chi connectivity index (χ3n) is 5.33. The average Bonchev–Trinajstić information content (AvgIpc) is 2.72. The molecule has 0 N–H and O–H groups in total. The average molecular weight is 308 g/mol. The Labute approximate surface area is 133 Å². The molecule has 0 spiro atoms. The zero-order chi connectivity index (χ0) is 15.4. The molecular formula is C17H28N2O3. The summed E-state index contributed by atoms with van der Waals surface area (Å²) in [5.74, 6) is 1.22. The molecule has 0 aromatic heterocycles. The molecule has 1 aliphatic carbocycles. The summed E-state index contributed by atoms with van der Waals surface area (Å²) in [5, 5.41) is 0. The van der Waals surface area contributed by atoms with Gasteiger partial charge in [0, 0.05) is 51.7 Å². The molecule has 2 saturated heterocycles. The van der Waals surface area contributed by atoms with Gasteiger partial charge in [0.2, 0.25) is 11.8 Å². The first kappa shape index (κ1) is 15.8. The van der Waals surface area contributed by atoms with Gasteiger partial charge in [0.1, 0.15) is 0 Å². The predicted molar refractivity (Wildman–Crippen MR) is 83.3 cm³/mol. The van der Waals surface area contributed by atoms with Crippen molar-refractivity contribution < 1.29 is 14.3 Å². The first-order valence-corrected chi connectivity index (χ1v) is 8.88. The fourth-order valence-corrected chi connectivity index (χ4v) is 3.65. The van der Waals surface area contributed by atoms with Crippen LogP contribution in [0.1, 0.15) is 44.9 Å². The molecule has 2 amide bonds. The van der Waals surface area contributed by atoms with E-state index in [0.717, 1.165) is 58.4 Å². The monoisotopic (exact) mass is 308 g/mol. The number of nitrogens with zero attached hydrogens (tertiary/aromatic N) is 2. The van der Waals surface area contributed by atoms with Crippen LogP contribution in [0.15, 0.2) is 0 Å². The highest BCUT2D eigenvalue weighted by Gasteiger charge is 2.31. The highest BCUT2D eigenvalue weighted by Crippen LogP contribution is 2.28. The second kappa shape index (κ2) is 7.44. The Morgan fingerprint density at radius 2 is 1.68 bits per heavy atom. The fraction of sp³-hybridized carbons (Fsp3) is 0.882. The van der Waals surface area contributed by atoms with Crippen LogP contribution in [-0.4, -0.2) is 61.0 Å². The van der Waals surface area contributed by atoms with Crippen molar-refractivity contribution in [3.63, 3.8) is 0 Å². The van der Waals surface area contributed by atoms with Crippen molar-refractivity contribution in [3.8, 4) is 0 Å². The van der Waals surface area contributed by atoms with Crippen molar-refractivity contribution in [2.75, 3.05) is 39.4 Å². The van der Waals surface area contributed by atoms with Crippen LogP contribution in [0.25, 0.3) is 0 Å². The minimum atomic E-state index is 0.244. The molecule has 3 fully saturated rings. The van der Waals surface area contributed by atoms with E-state index in [-0.39, 0.29) is 11.8 Å². The maximum absolute atomic E-state index is 12.5. The molecule has 5 nitrogen and oxygen atoms in total. The Bertz CT molecular complexity index is 403. The van der Waals surface area contributed by atoms with Crippen LogP contribution in [0.3, 0.4) is 0 Å². The van der Waals surface area contributed by atoms with Crippen molar-refractivity contribution in [1.29, 1.82) is 0 Å². The van der Waals surface area contributed by atoms with Crippen LogP contribution in [-0.2, 0) is 14.3 Å². The summed E-state index contributed by atoms with van der Waals surface area (Å²) in [6, 6.07) is 0. The van der Waals surface area contributed by atoms with Crippen LogP contribution in [0, 0.1) is 11.8 Å². The van der Waals surface area contributed by atoms with E-state index < -0.39 is 0 Å². The topological polar surface area (TPSA) is 49.9 Å². The third kappa shape index (κ3) is 3.80. The summed E-state index contributed by atoms with van der Waals surface area (Å²) in [6.07, 6.45) is 6.99. The standard InChI is InChI=1S/C17H28N2O3/c20-16(12-14-4-2-11-22-13-14)18-7-3-8-19(10-9-18)17(21)15-5-1-6-15/h14-15H,1-13H2/t14-/m1/s1. The van der Waals surface area contributed by atoms with Gasteiger partial charge in [-0.15, -0.1) is 0 Å². The summed E-state index contributed by atoms with van der Waals surface area (Å²) in [6.45, 7) is 4.58. The van der Waals surface area contributed by atoms with Gasteiger partial charge < -0.3 is 14.5 Å². The molecule has 0 bridgehead atoms. The summed E-state index contributed by atoms with van der Waals surface area (Å²) in [5.41, 5.74) is 0. The fourth-order valence-electron chi connectivity index (χ4n) is 3.65. The van der Waals surface area contributed by atoms with E-state index in [0.29, 0.717) is 31.3 Å². The van der Waals surface area contributed by atoms with E-state index in [4.69, 9.17) is 4.74 Å².